The quantitative estimate of drug-likeness (QED) is 0.603. The molecule has 0 aromatic heterocycles. The van der Waals surface area contributed by atoms with Crippen LogP contribution in [0.1, 0.15) is 33.6 Å². The molecular formula is C10H18N2O2. The molecule has 1 fully saturated rings. The van der Waals surface area contributed by atoms with Crippen LogP contribution in [0, 0.1) is 10.3 Å². The van der Waals surface area contributed by atoms with Gasteiger partial charge >= 0.3 is 0 Å². The zero-order valence-corrected chi connectivity index (χ0v) is 9.12. The molecule has 0 unspecified atom stereocenters. The smallest absolute Gasteiger partial charge is 0.227 e. The summed E-state index contributed by atoms with van der Waals surface area (Å²) in [5, 5.41) is 3.02. The van der Waals surface area contributed by atoms with Gasteiger partial charge in [0.05, 0.1) is 6.04 Å². The Morgan fingerprint density at radius 3 is 2.14 bits per heavy atom. The Morgan fingerprint density at radius 1 is 1.29 bits per heavy atom. The molecule has 4 heteroatoms. The molecule has 1 aliphatic heterocycles. The maximum absolute atomic E-state index is 11.8. The average Bonchev–Trinajstić information content (AvgIpc) is 2.15. The monoisotopic (exact) mass is 198 g/mol. The number of carbonyl (C=O) groups excluding carboxylic acids is 1. The second kappa shape index (κ2) is 4.07. The Morgan fingerprint density at radius 2 is 1.79 bits per heavy atom. The Hall–Kier alpha value is -0.930. The molecule has 1 heterocycles. The van der Waals surface area contributed by atoms with Gasteiger partial charge in [-0.25, -0.2) is 0 Å². The maximum atomic E-state index is 11.8. The van der Waals surface area contributed by atoms with E-state index >= 15 is 0 Å². The number of nitroso groups, excluding NO2 is 1. The normalized spacial score (nSPS) is 19.5. The van der Waals surface area contributed by atoms with E-state index in [1.807, 2.05) is 25.7 Å². The van der Waals surface area contributed by atoms with Crippen LogP contribution in [0.4, 0.5) is 0 Å². The van der Waals surface area contributed by atoms with E-state index in [9.17, 15) is 9.70 Å². The van der Waals surface area contributed by atoms with Crippen molar-refractivity contribution >= 4 is 5.91 Å². The maximum Gasteiger partial charge on any atom is 0.227 e. The Balaban J connectivity index is 2.50. The summed E-state index contributed by atoms with van der Waals surface area (Å²) in [4.78, 5) is 23.9. The summed E-state index contributed by atoms with van der Waals surface area (Å²) in [6.45, 7) is 7.09. The molecule has 0 aromatic rings. The highest BCUT2D eigenvalue weighted by Crippen LogP contribution is 2.21. The van der Waals surface area contributed by atoms with Gasteiger partial charge in [0.25, 0.3) is 0 Å². The number of hydrogen-bond donors (Lipinski definition) is 0. The van der Waals surface area contributed by atoms with E-state index in [1.165, 1.54) is 0 Å². The van der Waals surface area contributed by atoms with E-state index in [-0.39, 0.29) is 17.4 Å². The third-order valence-electron chi connectivity index (χ3n) is 2.54. The van der Waals surface area contributed by atoms with Gasteiger partial charge in [-0.1, -0.05) is 25.9 Å². The highest BCUT2D eigenvalue weighted by molar-refractivity contribution is 5.81. The van der Waals surface area contributed by atoms with Crippen molar-refractivity contribution in [2.24, 2.45) is 10.6 Å². The molecule has 80 valence electrons. The fraction of sp³-hybridized carbons (Fsp3) is 0.900. The Bertz CT molecular complexity index is 225. The van der Waals surface area contributed by atoms with E-state index in [0.29, 0.717) is 25.9 Å². The minimum atomic E-state index is -0.318. The predicted octanol–water partition coefficient (Wildman–Crippen LogP) is 1.79. The van der Waals surface area contributed by atoms with E-state index in [2.05, 4.69) is 5.18 Å². The van der Waals surface area contributed by atoms with Crippen molar-refractivity contribution in [1.29, 1.82) is 0 Å². The lowest BCUT2D eigenvalue weighted by molar-refractivity contribution is -0.140. The fourth-order valence-electron chi connectivity index (χ4n) is 1.65. The van der Waals surface area contributed by atoms with Gasteiger partial charge < -0.3 is 4.90 Å². The highest BCUT2D eigenvalue weighted by Gasteiger charge is 2.30. The largest absolute Gasteiger partial charge is 0.342 e. The number of hydrogen-bond acceptors (Lipinski definition) is 3. The van der Waals surface area contributed by atoms with Crippen LogP contribution >= 0.6 is 0 Å². The van der Waals surface area contributed by atoms with E-state index < -0.39 is 0 Å². The molecule has 1 amide bonds. The number of likely N-dealkylation sites (tertiary alicyclic amines) is 1. The van der Waals surface area contributed by atoms with Gasteiger partial charge in [0.2, 0.25) is 5.91 Å². The molecule has 0 atom stereocenters. The summed E-state index contributed by atoms with van der Waals surface area (Å²) in [5.41, 5.74) is -0.318. The molecular weight excluding hydrogens is 180 g/mol. The van der Waals surface area contributed by atoms with Crippen LogP contribution in [0.5, 0.6) is 0 Å². The van der Waals surface area contributed by atoms with Crippen molar-refractivity contribution in [3.8, 4) is 0 Å². The van der Waals surface area contributed by atoms with Gasteiger partial charge in [-0.15, -0.1) is 0 Å². The van der Waals surface area contributed by atoms with Crippen LogP contribution in [0.15, 0.2) is 5.18 Å². The van der Waals surface area contributed by atoms with Crippen molar-refractivity contribution in [2.45, 2.75) is 39.7 Å². The number of amides is 1. The molecule has 4 nitrogen and oxygen atoms in total. The minimum absolute atomic E-state index is 0.0842. The van der Waals surface area contributed by atoms with E-state index in [1.54, 1.807) is 0 Å². The second-order valence-electron chi connectivity index (χ2n) is 4.88. The third-order valence-corrected chi connectivity index (χ3v) is 2.54. The summed E-state index contributed by atoms with van der Waals surface area (Å²) >= 11 is 0. The lowest BCUT2D eigenvalue weighted by Gasteiger charge is -2.33. The van der Waals surface area contributed by atoms with Crippen LogP contribution in [0.3, 0.4) is 0 Å². The Kier molecular flexibility index (Phi) is 3.24. The molecule has 0 aromatic carbocycles. The van der Waals surface area contributed by atoms with Crippen molar-refractivity contribution in [1.82, 2.24) is 4.90 Å². The zero-order valence-electron chi connectivity index (χ0n) is 9.12. The minimum Gasteiger partial charge on any atom is -0.342 e. The van der Waals surface area contributed by atoms with Gasteiger partial charge in [0.1, 0.15) is 0 Å². The van der Waals surface area contributed by atoms with Crippen LogP contribution in [-0.2, 0) is 4.79 Å². The molecule has 0 aliphatic carbocycles. The number of carbonyl (C=O) groups is 1. The molecule has 0 spiro atoms. The lowest BCUT2D eigenvalue weighted by Crippen LogP contribution is -2.44. The van der Waals surface area contributed by atoms with Crippen LogP contribution in [0.2, 0.25) is 0 Å². The second-order valence-corrected chi connectivity index (χ2v) is 4.88. The summed E-state index contributed by atoms with van der Waals surface area (Å²) in [7, 11) is 0. The zero-order chi connectivity index (χ0) is 10.8. The van der Waals surface area contributed by atoms with Crippen molar-refractivity contribution in [3.63, 3.8) is 0 Å². The van der Waals surface area contributed by atoms with Gasteiger partial charge in [-0.2, -0.15) is 4.91 Å². The van der Waals surface area contributed by atoms with Gasteiger partial charge in [0.15, 0.2) is 0 Å². The highest BCUT2D eigenvalue weighted by atomic mass is 16.3. The fourth-order valence-corrected chi connectivity index (χ4v) is 1.65. The number of rotatable bonds is 1. The first-order valence-corrected chi connectivity index (χ1v) is 5.07. The predicted molar refractivity (Wildman–Crippen MR) is 54.9 cm³/mol. The van der Waals surface area contributed by atoms with Crippen molar-refractivity contribution in [2.75, 3.05) is 13.1 Å². The van der Waals surface area contributed by atoms with Crippen LogP contribution in [-0.4, -0.2) is 29.9 Å². The van der Waals surface area contributed by atoms with Gasteiger partial charge in [-0.3, -0.25) is 4.79 Å². The molecule has 1 aliphatic rings. The van der Waals surface area contributed by atoms with E-state index in [0.717, 1.165) is 0 Å². The molecule has 0 radical (unpaired) electrons. The summed E-state index contributed by atoms with van der Waals surface area (Å²) in [5.74, 6) is 0.168. The molecule has 0 N–H and O–H groups in total. The van der Waals surface area contributed by atoms with Crippen LogP contribution < -0.4 is 0 Å². The summed E-state index contributed by atoms with van der Waals surface area (Å²) in [6, 6.07) is -0.0842. The molecule has 1 rings (SSSR count). The molecule has 1 saturated heterocycles. The summed E-state index contributed by atoms with van der Waals surface area (Å²) < 4.78 is 0. The molecule has 0 saturated carbocycles. The van der Waals surface area contributed by atoms with Crippen molar-refractivity contribution in [3.05, 3.63) is 4.91 Å². The summed E-state index contributed by atoms with van der Waals surface area (Å²) in [6.07, 6.45) is 1.43. The SMILES string of the molecule is CC(C)(C)C(=O)N1CCC(N=O)CC1. The average molecular weight is 198 g/mol. The van der Waals surface area contributed by atoms with Gasteiger partial charge in [0, 0.05) is 18.5 Å². The number of piperidine rings is 1. The van der Waals surface area contributed by atoms with Gasteiger partial charge in [-0.05, 0) is 12.8 Å². The van der Waals surface area contributed by atoms with E-state index in [4.69, 9.17) is 0 Å². The van der Waals surface area contributed by atoms with Crippen LogP contribution in [0.25, 0.3) is 0 Å². The van der Waals surface area contributed by atoms with Crippen molar-refractivity contribution < 1.29 is 4.79 Å². The third kappa shape index (κ3) is 2.53. The first-order valence-electron chi connectivity index (χ1n) is 5.07. The topological polar surface area (TPSA) is 49.7 Å². The lowest BCUT2D eigenvalue weighted by atomic mass is 9.93. The molecule has 0 bridgehead atoms. The molecule has 14 heavy (non-hydrogen) atoms. The number of nitrogens with zero attached hydrogens (tertiary/aromatic N) is 2. The Labute approximate surface area is 84.6 Å². The standard InChI is InChI=1S/C10H18N2O2/c1-10(2,3)9(13)12-6-4-8(11-14)5-7-12/h8H,4-7H2,1-3H3. The first-order chi connectivity index (χ1) is 6.45. The first kappa shape index (κ1) is 11.1.